The summed E-state index contributed by atoms with van der Waals surface area (Å²) in [7, 11) is 0. The predicted molar refractivity (Wildman–Crippen MR) is 69.5 cm³/mol. The maximum absolute atomic E-state index is 12.6. The lowest BCUT2D eigenvalue weighted by atomic mass is 9.92. The first-order chi connectivity index (χ1) is 8.24. The smallest absolute Gasteiger partial charge is 0.226 e. The fourth-order valence-corrected chi connectivity index (χ4v) is 3.51. The molecule has 1 aliphatic carbocycles. The van der Waals surface area contributed by atoms with E-state index in [1.54, 1.807) is 0 Å². The Morgan fingerprint density at radius 3 is 2.71 bits per heavy atom. The average Bonchev–Trinajstić information content (AvgIpc) is 2.76. The van der Waals surface area contributed by atoms with Crippen molar-refractivity contribution in [3.05, 3.63) is 0 Å². The molecule has 3 atom stereocenters. The fraction of sp³-hybridized carbons (Fsp3) is 0.929. The number of amides is 1. The summed E-state index contributed by atoms with van der Waals surface area (Å²) in [5.41, 5.74) is 5.66. The summed E-state index contributed by atoms with van der Waals surface area (Å²) in [5, 5.41) is 0. The fourth-order valence-electron chi connectivity index (χ4n) is 3.51. The van der Waals surface area contributed by atoms with Gasteiger partial charge in [-0.25, -0.2) is 0 Å². The van der Waals surface area contributed by atoms with Gasteiger partial charge in [-0.1, -0.05) is 13.3 Å². The number of carbonyl (C=O) groups excluding carboxylic acids is 1. The van der Waals surface area contributed by atoms with Gasteiger partial charge in [0.1, 0.15) is 0 Å². The maximum atomic E-state index is 12.6. The molecule has 1 saturated carbocycles. The molecule has 0 aromatic heterocycles. The second kappa shape index (κ2) is 5.85. The molecule has 2 N–H and O–H groups in total. The van der Waals surface area contributed by atoms with Crippen molar-refractivity contribution in [3.8, 4) is 0 Å². The van der Waals surface area contributed by atoms with Gasteiger partial charge in [-0.3, -0.25) is 4.79 Å². The van der Waals surface area contributed by atoms with E-state index in [1.807, 2.05) is 0 Å². The molecule has 2 rings (SSSR count). The molecule has 1 saturated heterocycles. The zero-order chi connectivity index (χ0) is 12.3. The van der Waals surface area contributed by atoms with Crippen molar-refractivity contribution in [1.29, 1.82) is 0 Å². The van der Waals surface area contributed by atoms with Crippen LogP contribution < -0.4 is 5.73 Å². The third-order valence-corrected chi connectivity index (χ3v) is 4.59. The summed E-state index contributed by atoms with van der Waals surface area (Å²) in [6, 6.07) is 0.425. The summed E-state index contributed by atoms with van der Waals surface area (Å²) in [6.07, 6.45) is 8.13. The first kappa shape index (κ1) is 12.9. The van der Waals surface area contributed by atoms with Crippen molar-refractivity contribution in [2.75, 3.05) is 13.1 Å². The number of rotatable bonds is 3. The molecular formula is C14H26N2O. The minimum absolute atomic E-state index is 0.299. The second-order valence-electron chi connectivity index (χ2n) is 5.77. The first-order valence-electron chi connectivity index (χ1n) is 7.24. The van der Waals surface area contributed by atoms with Crippen molar-refractivity contribution in [2.45, 2.75) is 57.9 Å². The summed E-state index contributed by atoms with van der Waals surface area (Å²) < 4.78 is 0. The highest BCUT2D eigenvalue weighted by Gasteiger charge is 2.35. The van der Waals surface area contributed by atoms with E-state index in [-0.39, 0.29) is 0 Å². The second-order valence-corrected chi connectivity index (χ2v) is 5.77. The third kappa shape index (κ3) is 2.82. The van der Waals surface area contributed by atoms with Gasteiger partial charge in [-0.05, 0) is 51.0 Å². The molecule has 17 heavy (non-hydrogen) atoms. The largest absolute Gasteiger partial charge is 0.339 e. The number of piperidine rings is 1. The van der Waals surface area contributed by atoms with Crippen LogP contribution in [0.25, 0.3) is 0 Å². The van der Waals surface area contributed by atoms with Crippen LogP contribution in [0.15, 0.2) is 0 Å². The first-order valence-corrected chi connectivity index (χ1v) is 7.24. The Balaban J connectivity index is 2.00. The molecule has 2 aliphatic rings. The van der Waals surface area contributed by atoms with Crippen molar-refractivity contribution >= 4 is 5.91 Å². The van der Waals surface area contributed by atoms with E-state index in [9.17, 15) is 4.79 Å². The molecule has 98 valence electrons. The minimum Gasteiger partial charge on any atom is -0.339 e. The zero-order valence-electron chi connectivity index (χ0n) is 11.0. The number of nitrogens with two attached hydrogens (primary N) is 1. The van der Waals surface area contributed by atoms with Crippen molar-refractivity contribution in [3.63, 3.8) is 0 Å². The van der Waals surface area contributed by atoms with Crippen molar-refractivity contribution < 1.29 is 4.79 Å². The van der Waals surface area contributed by atoms with Crippen LogP contribution in [-0.2, 0) is 4.79 Å². The molecule has 3 unspecified atom stereocenters. The van der Waals surface area contributed by atoms with Crippen molar-refractivity contribution in [2.24, 2.45) is 17.6 Å². The highest BCUT2D eigenvalue weighted by atomic mass is 16.2. The Bertz CT molecular complexity index is 265. The minimum atomic E-state index is 0.299. The van der Waals surface area contributed by atoms with Gasteiger partial charge in [0.2, 0.25) is 5.91 Å². The topological polar surface area (TPSA) is 46.3 Å². The van der Waals surface area contributed by atoms with Gasteiger partial charge in [-0.15, -0.1) is 0 Å². The van der Waals surface area contributed by atoms with E-state index in [0.29, 0.717) is 30.3 Å². The van der Waals surface area contributed by atoms with E-state index in [2.05, 4.69) is 11.8 Å². The molecule has 0 aromatic carbocycles. The van der Waals surface area contributed by atoms with E-state index in [1.165, 1.54) is 25.7 Å². The average molecular weight is 238 g/mol. The van der Waals surface area contributed by atoms with Gasteiger partial charge >= 0.3 is 0 Å². The lowest BCUT2D eigenvalue weighted by molar-refractivity contribution is -0.140. The van der Waals surface area contributed by atoms with Crippen LogP contribution in [0.4, 0.5) is 0 Å². The van der Waals surface area contributed by atoms with Gasteiger partial charge < -0.3 is 10.6 Å². The van der Waals surface area contributed by atoms with Crippen LogP contribution in [-0.4, -0.2) is 29.9 Å². The van der Waals surface area contributed by atoms with Gasteiger partial charge in [0.25, 0.3) is 0 Å². The van der Waals surface area contributed by atoms with Crippen molar-refractivity contribution in [1.82, 2.24) is 4.90 Å². The lowest BCUT2D eigenvalue weighted by Crippen LogP contribution is -2.47. The van der Waals surface area contributed by atoms with Crippen LogP contribution >= 0.6 is 0 Å². The van der Waals surface area contributed by atoms with Crippen LogP contribution in [0.1, 0.15) is 51.9 Å². The number of nitrogens with zero attached hydrogens (tertiary/aromatic N) is 1. The number of likely N-dealkylation sites (tertiary alicyclic amines) is 1. The molecule has 0 aromatic rings. The Labute approximate surface area is 105 Å². The summed E-state index contributed by atoms with van der Waals surface area (Å²) >= 11 is 0. The standard InChI is InChI=1S/C14H26N2O/c1-11-5-4-7-13(11)14(17)16-10-3-2-6-12(16)8-9-15/h11-13H,2-10,15H2,1H3. The predicted octanol–water partition coefficient (Wildman–Crippen LogP) is 2.15. The third-order valence-electron chi connectivity index (χ3n) is 4.59. The Hall–Kier alpha value is -0.570. The molecule has 3 nitrogen and oxygen atoms in total. The number of carbonyl (C=O) groups is 1. The Morgan fingerprint density at radius 2 is 2.06 bits per heavy atom. The Morgan fingerprint density at radius 1 is 1.24 bits per heavy atom. The maximum Gasteiger partial charge on any atom is 0.226 e. The van der Waals surface area contributed by atoms with Crippen LogP contribution in [0.5, 0.6) is 0 Å². The van der Waals surface area contributed by atoms with Gasteiger partial charge in [0.15, 0.2) is 0 Å². The zero-order valence-corrected chi connectivity index (χ0v) is 11.0. The molecule has 0 bridgehead atoms. The van der Waals surface area contributed by atoms with Crippen LogP contribution in [0, 0.1) is 11.8 Å². The molecule has 2 fully saturated rings. The van der Waals surface area contributed by atoms with Gasteiger partial charge in [0.05, 0.1) is 0 Å². The molecule has 0 spiro atoms. The lowest BCUT2D eigenvalue weighted by Gasteiger charge is -2.38. The van der Waals surface area contributed by atoms with E-state index < -0.39 is 0 Å². The SMILES string of the molecule is CC1CCCC1C(=O)N1CCCCC1CCN. The monoisotopic (exact) mass is 238 g/mol. The molecule has 1 amide bonds. The quantitative estimate of drug-likeness (QED) is 0.819. The molecule has 0 radical (unpaired) electrons. The van der Waals surface area contributed by atoms with Crippen LogP contribution in [0.2, 0.25) is 0 Å². The van der Waals surface area contributed by atoms with E-state index >= 15 is 0 Å². The van der Waals surface area contributed by atoms with Crippen LogP contribution in [0.3, 0.4) is 0 Å². The highest BCUT2D eigenvalue weighted by molar-refractivity contribution is 5.79. The molecule has 1 heterocycles. The van der Waals surface area contributed by atoms with E-state index in [0.717, 1.165) is 25.8 Å². The number of hydrogen-bond acceptors (Lipinski definition) is 2. The highest BCUT2D eigenvalue weighted by Crippen LogP contribution is 2.34. The summed E-state index contributed by atoms with van der Waals surface area (Å²) in [6.45, 7) is 3.90. The van der Waals surface area contributed by atoms with Gasteiger partial charge in [-0.2, -0.15) is 0 Å². The molecule has 3 heteroatoms. The summed E-state index contributed by atoms with van der Waals surface area (Å²) in [4.78, 5) is 14.7. The van der Waals surface area contributed by atoms with E-state index in [4.69, 9.17) is 5.73 Å². The Kier molecular flexibility index (Phi) is 4.43. The summed E-state index contributed by atoms with van der Waals surface area (Å²) in [5.74, 6) is 1.31. The normalized spacial score (nSPS) is 34.0. The van der Waals surface area contributed by atoms with Gasteiger partial charge in [0, 0.05) is 18.5 Å². The molecular weight excluding hydrogens is 212 g/mol. The number of hydrogen-bond donors (Lipinski definition) is 1. The molecule has 1 aliphatic heterocycles.